The SMILES string of the molecule is CCC1CN(C(=O)CSc2ncc(-c3ccccc3)n2CC(F)(F)F)CCO1. The Morgan fingerprint density at radius 2 is 2.07 bits per heavy atom. The second-order valence-corrected chi connectivity index (χ2v) is 7.47. The summed E-state index contributed by atoms with van der Waals surface area (Å²) in [6, 6.07) is 8.80. The van der Waals surface area contributed by atoms with Crippen LogP contribution in [0, 0.1) is 0 Å². The Morgan fingerprint density at radius 1 is 1.32 bits per heavy atom. The molecule has 2 aromatic rings. The topological polar surface area (TPSA) is 47.4 Å². The van der Waals surface area contributed by atoms with Crippen molar-refractivity contribution in [3.63, 3.8) is 0 Å². The number of hydrogen-bond acceptors (Lipinski definition) is 4. The molecule has 0 N–H and O–H groups in total. The van der Waals surface area contributed by atoms with Crippen LogP contribution in [0.15, 0.2) is 41.7 Å². The summed E-state index contributed by atoms with van der Waals surface area (Å²) in [6.07, 6.45) is -2.13. The molecule has 0 bridgehead atoms. The fourth-order valence-electron chi connectivity index (χ4n) is 3.06. The van der Waals surface area contributed by atoms with Crippen molar-refractivity contribution >= 4 is 17.7 Å². The highest BCUT2D eigenvalue weighted by Crippen LogP contribution is 2.30. The maximum absolute atomic E-state index is 13.1. The fraction of sp³-hybridized carbons (Fsp3) is 0.474. The first-order valence-electron chi connectivity index (χ1n) is 9.07. The van der Waals surface area contributed by atoms with Gasteiger partial charge in [0, 0.05) is 13.1 Å². The van der Waals surface area contributed by atoms with E-state index in [4.69, 9.17) is 4.74 Å². The van der Waals surface area contributed by atoms with Crippen molar-refractivity contribution < 1.29 is 22.7 Å². The second-order valence-electron chi connectivity index (χ2n) is 6.52. The molecule has 0 radical (unpaired) electrons. The summed E-state index contributed by atoms with van der Waals surface area (Å²) >= 11 is 1.03. The van der Waals surface area contributed by atoms with Crippen molar-refractivity contribution in [3.8, 4) is 11.3 Å². The number of carbonyl (C=O) groups excluding carboxylic acids is 1. The van der Waals surface area contributed by atoms with Gasteiger partial charge in [-0.25, -0.2) is 4.98 Å². The van der Waals surface area contributed by atoms with Gasteiger partial charge in [0.25, 0.3) is 0 Å². The van der Waals surface area contributed by atoms with Gasteiger partial charge in [-0.15, -0.1) is 0 Å². The standard InChI is InChI=1S/C19H22F3N3O2S/c1-2-15-11-24(8-9-27-15)17(26)12-28-18-23-10-16(14-6-4-3-5-7-14)25(18)13-19(20,21)22/h3-7,10,15H,2,8-9,11-13H2,1H3. The third kappa shape index (κ3) is 5.29. The number of thioether (sulfide) groups is 1. The molecule has 2 heterocycles. The van der Waals surface area contributed by atoms with Gasteiger partial charge >= 0.3 is 6.18 Å². The molecule has 0 aliphatic carbocycles. The molecule has 3 rings (SSSR count). The van der Waals surface area contributed by atoms with E-state index in [1.807, 2.05) is 6.92 Å². The number of morpholine rings is 1. The van der Waals surface area contributed by atoms with E-state index in [9.17, 15) is 18.0 Å². The van der Waals surface area contributed by atoms with Crippen LogP contribution in [0.25, 0.3) is 11.3 Å². The van der Waals surface area contributed by atoms with Gasteiger partial charge in [-0.3, -0.25) is 4.79 Å². The summed E-state index contributed by atoms with van der Waals surface area (Å²) in [5.74, 6) is -0.0749. The molecule has 1 saturated heterocycles. The highest BCUT2D eigenvalue weighted by Gasteiger charge is 2.31. The molecule has 9 heteroatoms. The van der Waals surface area contributed by atoms with Crippen LogP contribution in [-0.4, -0.2) is 58.1 Å². The highest BCUT2D eigenvalue weighted by atomic mass is 32.2. The smallest absolute Gasteiger partial charge is 0.375 e. The lowest BCUT2D eigenvalue weighted by atomic mass is 10.2. The predicted octanol–water partition coefficient (Wildman–Crippen LogP) is 3.84. The molecular formula is C19H22F3N3O2S. The van der Waals surface area contributed by atoms with Crippen molar-refractivity contribution in [1.29, 1.82) is 0 Å². The molecule has 1 amide bonds. The zero-order valence-electron chi connectivity index (χ0n) is 15.5. The Bertz CT molecular complexity index is 795. The maximum Gasteiger partial charge on any atom is 0.406 e. The van der Waals surface area contributed by atoms with Crippen LogP contribution in [0.2, 0.25) is 0 Å². The van der Waals surface area contributed by atoms with E-state index >= 15 is 0 Å². The number of amides is 1. The van der Waals surface area contributed by atoms with E-state index in [0.29, 0.717) is 31.0 Å². The number of ether oxygens (including phenoxy) is 1. The third-order valence-electron chi connectivity index (χ3n) is 4.50. The van der Waals surface area contributed by atoms with Gasteiger partial charge < -0.3 is 14.2 Å². The van der Waals surface area contributed by atoms with Crippen LogP contribution in [0.3, 0.4) is 0 Å². The van der Waals surface area contributed by atoms with Crippen LogP contribution in [0.5, 0.6) is 0 Å². The molecular weight excluding hydrogens is 391 g/mol. The first-order chi connectivity index (χ1) is 13.4. The van der Waals surface area contributed by atoms with E-state index < -0.39 is 12.7 Å². The molecule has 1 atom stereocenters. The molecule has 1 aliphatic heterocycles. The van der Waals surface area contributed by atoms with Gasteiger partial charge in [-0.2, -0.15) is 13.2 Å². The van der Waals surface area contributed by atoms with Crippen molar-refractivity contribution in [3.05, 3.63) is 36.5 Å². The molecule has 1 fully saturated rings. The van der Waals surface area contributed by atoms with Crippen molar-refractivity contribution in [1.82, 2.24) is 14.5 Å². The van der Waals surface area contributed by atoms with Gasteiger partial charge in [0.1, 0.15) is 6.54 Å². The van der Waals surface area contributed by atoms with Crippen LogP contribution in [0.4, 0.5) is 13.2 Å². The third-order valence-corrected chi connectivity index (χ3v) is 5.47. The quantitative estimate of drug-likeness (QED) is 0.675. The zero-order valence-corrected chi connectivity index (χ0v) is 16.3. The lowest BCUT2D eigenvalue weighted by Crippen LogP contribution is -2.46. The Kier molecular flexibility index (Phi) is 6.66. The van der Waals surface area contributed by atoms with Crippen LogP contribution >= 0.6 is 11.8 Å². The van der Waals surface area contributed by atoms with Crippen LogP contribution in [0.1, 0.15) is 13.3 Å². The van der Waals surface area contributed by atoms with E-state index in [-0.39, 0.29) is 22.9 Å². The molecule has 0 saturated carbocycles. The average Bonchev–Trinajstić information content (AvgIpc) is 3.07. The zero-order chi connectivity index (χ0) is 20.1. The summed E-state index contributed by atoms with van der Waals surface area (Å²) in [5, 5.41) is 0.185. The van der Waals surface area contributed by atoms with Crippen LogP contribution in [-0.2, 0) is 16.1 Å². The Balaban J connectivity index is 1.74. The number of hydrogen-bond donors (Lipinski definition) is 0. The number of benzene rings is 1. The number of aromatic nitrogens is 2. The van der Waals surface area contributed by atoms with E-state index in [0.717, 1.165) is 22.7 Å². The van der Waals surface area contributed by atoms with Gasteiger partial charge in [0.05, 0.1) is 30.4 Å². The van der Waals surface area contributed by atoms with Crippen molar-refractivity contribution in [2.75, 3.05) is 25.4 Å². The first-order valence-corrected chi connectivity index (χ1v) is 10.1. The van der Waals surface area contributed by atoms with Gasteiger partial charge in [-0.05, 0) is 12.0 Å². The summed E-state index contributed by atoms with van der Waals surface area (Å²) in [7, 11) is 0. The molecule has 1 aromatic heterocycles. The monoisotopic (exact) mass is 413 g/mol. The maximum atomic E-state index is 13.1. The number of imidazole rings is 1. The Morgan fingerprint density at radius 3 is 2.75 bits per heavy atom. The van der Waals surface area contributed by atoms with E-state index in [1.165, 1.54) is 6.20 Å². The molecule has 1 unspecified atom stereocenters. The first kappa shape index (κ1) is 20.7. The molecule has 0 spiro atoms. The number of halogens is 3. The van der Waals surface area contributed by atoms with Crippen molar-refractivity contribution in [2.45, 2.75) is 37.3 Å². The highest BCUT2D eigenvalue weighted by molar-refractivity contribution is 7.99. The lowest BCUT2D eigenvalue weighted by Gasteiger charge is -2.32. The van der Waals surface area contributed by atoms with Crippen molar-refractivity contribution in [2.24, 2.45) is 0 Å². The Labute approximate surface area is 165 Å². The average molecular weight is 413 g/mol. The fourth-order valence-corrected chi connectivity index (χ4v) is 3.94. The Hall–Kier alpha value is -2.00. The summed E-state index contributed by atoms with van der Waals surface area (Å²) in [6.45, 7) is 2.34. The normalized spacial score (nSPS) is 17.7. The number of carbonyl (C=O) groups is 1. The van der Waals surface area contributed by atoms with Crippen LogP contribution < -0.4 is 0 Å². The number of nitrogens with zero attached hydrogens (tertiary/aromatic N) is 3. The second kappa shape index (κ2) is 9.00. The largest absolute Gasteiger partial charge is 0.406 e. The van der Waals surface area contributed by atoms with Gasteiger partial charge in [0.15, 0.2) is 5.16 Å². The number of rotatable bonds is 6. The van der Waals surface area contributed by atoms with E-state index in [1.54, 1.807) is 35.2 Å². The van der Waals surface area contributed by atoms with Gasteiger partial charge in [-0.1, -0.05) is 49.0 Å². The minimum absolute atomic E-state index is 0.0135. The van der Waals surface area contributed by atoms with Gasteiger partial charge in [0.2, 0.25) is 5.91 Å². The summed E-state index contributed by atoms with van der Waals surface area (Å²) in [4.78, 5) is 18.4. The summed E-state index contributed by atoms with van der Waals surface area (Å²) < 4.78 is 46.0. The minimum atomic E-state index is -4.39. The minimum Gasteiger partial charge on any atom is -0.375 e. The predicted molar refractivity (Wildman–Crippen MR) is 101 cm³/mol. The molecule has 28 heavy (non-hydrogen) atoms. The summed E-state index contributed by atoms with van der Waals surface area (Å²) in [5.41, 5.74) is 1.03. The molecule has 152 valence electrons. The van der Waals surface area contributed by atoms with E-state index in [2.05, 4.69) is 4.98 Å². The molecule has 1 aromatic carbocycles. The number of alkyl halides is 3. The lowest BCUT2D eigenvalue weighted by molar-refractivity contribution is -0.141. The molecule has 1 aliphatic rings. The molecule has 5 nitrogen and oxygen atoms in total.